The van der Waals surface area contributed by atoms with Gasteiger partial charge in [0.15, 0.2) is 0 Å². The molecule has 4 nitrogen and oxygen atoms in total. The summed E-state index contributed by atoms with van der Waals surface area (Å²) in [5, 5.41) is 0. The highest BCUT2D eigenvalue weighted by Gasteiger charge is 2.22. The molecule has 2 rings (SSSR count). The summed E-state index contributed by atoms with van der Waals surface area (Å²) >= 11 is 0. The third kappa shape index (κ3) is 2.42. The lowest BCUT2D eigenvalue weighted by atomic mass is 10.1. The fourth-order valence-electron chi connectivity index (χ4n) is 1.89. The molecule has 2 aromatic rings. The number of ether oxygens (including phenoxy) is 1. The summed E-state index contributed by atoms with van der Waals surface area (Å²) in [7, 11) is 1.39. The van der Waals surface area contributed by atoms with Gasteiger partial charge in [0.2, 0.25) is 0 Å². The van der Waals surface area contributed by atoms with E-state index in [-0.39, 0.29) is 11.9 Å². The van der Waals surface area contributed by atoms with Crippen molar-refractivity contribution in [2.45, 2.75) is 19.3 Å². The van der Waals surface area contributed by atoms with E-state index in [1.54, 1.807) is 6.20 Å². The van der Waals surface area contributed by atoms with E-state index in [1.807, 2.05) is 37.3 Å². The minimum atomic E-state index is -0.326. The van der Waals surface area contributed by atoms with E-state index in [0.717, 1.165) is 11.3 Å². The number of hydrogen-bond acceptors (Lipinski definition) is 3. The quantitative estimate of drug-likeness (QED) is 0.841. The number of aromatic nitrogens is 2. The van der Waals surface area contributed by atoms with Crippen LogP contribution in [0, 0.1) is 0 Å². The van der Waals surface area contributed by atoms with Gasteiger partial charge in [0.1, 0.15) is 11.7 Å². The van der Waals surface area contributed by atoms with E-state index in [1.165, 1.54) is 7.11 Å². The van der Waals surface area contributed by atoms with Gasteiger partial charge in [-0.05, 0) is 12.0 Å². The number of rotatable bonds is 4. The third-order valence-corrected chi connectivity index (χ3v) is 2.90. The Morgan fingerprint density at radius 1 is 1.39 bits per heavy atom. The average molecular weight is 244 g/mol. The minimum absolute atomic E-state index is 0.258. The maximum absolute atomic E-state index is 11.6. The number of carbonyl (C=O) groups is 1. The summed E-state index contributed by atoms with van der Waals surface area (Å²) in [6.07, 6.45) is 2.41. The van der Waals surface area contributed by atoms with Gasteiger partial charge in [-0.15, -0.1) is 0 Å². The van der Waals surface area contributed by atoms with Crippen LogP contribution in [0.2, 0.25) is 0 Å². The maximum Gasteiger partial charge on any atom is 0.316 e. The molecular formula is C14H16N2O2. The second kappa shape index (κ2) is 5.49. The zero-order valence-electron chi connectivity index (χ0n) is 10.5. The number of carbonyl (C=O) groups excluding carboxylic acids is 1. The molecule has 0 saturated carbocycles. The first-order valence-electron chi connectivity index (χ1n) is 5.94. The molecule has 0 bridgehead atoms. The smallest absolute Gasteiger partial charge is 0.316 e. The van der Waals surface area contributed by atoms with Gasteiger partial charge in [0.25, 0.3) is 0 Å². The predicted octanol–water partition coefficient (Wildman–Crippen LogP) is 2.74. The van der Waals surface area contributed by atoms with Crippen LogP contribution < -0.4 is 0 Å². The number of benzene rings is 1. The van der Waals surface area contributed by atoms with Crippen LogP contribution in [0.3, 0.4) is 0 Å². The van der Waals surface area contributed by atoms with Crippen molar-refractivity contribution in [3.05, 3.63) is 42.4 Å². The van der Waals surface area contributed by atoms with Crippen LogP contribution in [0.4, 0.5) is 0 Å². The number of methoxy groups -OCH3 is 1. The van der Waals surface area contributed by atoms with Crippen LogP contribution in [-0.2, 0) is 9.53 Å². The standard InChI is InChI=1S/C14H16N2O2/c1-3-11(14(17)18-2)13-15-9-12(16-13)10-7-5-4-6-8-10/h4-9,11H,3H2,1-2H3,(H,15,16). The lowest BCUT2D eigenvalue weighted by Gasteiger charge is -2.08. The van der Waals surface area contributed by atoms with E-state index < -0.39 is 0 Å². The van der Waals surface area contributed by atoms with Crippen molar-refractivity contribution < 1.29 is 9.53 Å². The van der Waals surface area contributed by atoms with E-state index in [2.05, 4.69) is 9.97 Å². The molecule has 4 heteroatoms. The summed E-state index contributed by atoms with van der Waals surface area (Å²) in [5.41, 5.74) is 1.96. The highest BCUT2D eigenvalue weighted by Crippen LogP contribution is 2.22. The Morgan fingerprint density at radius 2 is 2.11 bits per heavy atom. The van der Waals surface area contributed by atoms with Crippen LogP contribution in [0.1, 0.15) is 25.1 Å². The first kappa shape index (κ1) is 12.4. The Kier molecular flexibility index (Phi) is 3.77. The Balaban J connectivity index is 2.27. The highest BCUT2D eigenvalue weighted by molar-refractivity contribution is 5.77. The van der Waals surface area contributed by atoms with Crippen molar-refractivity contribution in [2.24, 2.45) is 0 Å². The number of imidazole rings is 1. The summed E-state index contributed by atoms with van der Waals surface area (Å²) in [5.74, 6) is 0.0714. The summed E-state index contributed by atoms with van der Waals surface area (Å²) in [6.45, 7) is 1.94. The molecule has 0 saturated heterocycles. The molecule has 0 radical (unpaired) electrons. The minimum Gasteiger partial charge on any atom is -0.468 e. The van der Waals surface area contributed by atoms with Gasteiger partial charge in [0, 0.05) is 0 Å². The van der Waals surface area contributed by atoms with E-state index in [9.17, 15) is 4.79 Å². The van der Waals surface area contributed by atoms with Crippen molar-refractivity contribution in [1.82, 2.24) is 9.97 Å². The fraction of sp³-hybridized carbons (Fsp3) is 0.286. The third-order valence-electron chi connectivity index (χ3n) is 2.90. The van der Waals surface area contributed by atoms with Gasteiger partial charge in [-0.25, -0.2) is 4.98 Å². The number of nitrogens with one attached hydrogen (secondary N) is 1. The lowest BCUT2D eigenvalue weighted by Crippen LogP contribution is -2.14. The Morgan fingerprint density at radius 3 is 2.72 bits per heavy atom. The normalized spacial score (nSPS) is 12.1. The van der Waals surface area contributed by atoms with Gasteiger partial charge in [0.05, 0.1) is 19.0 Å². The second-order valence-corrected chi connectivity index (χ2v) is 4.03. The lowest BCUT2D eigenvalue weighted by molar-refractivity contribution is -0.142. The Bertz CT molecular complexity index is 520. The van der Waals surface area contributed by atoms with Gasteiger partial charge in [-0.3, -0.25) is 4.79 Å². The zero-order valence-corrected chi connectivity index (χ0v) is 10.5. The second-order valence-electron chi connectivity index (χ2n) is 4.03. The summed E-state index contributed by atoms with van der Waals surface area (Å²) < 4.78 is 4.77. The monoisotopic (exact) mass is 244 g/mol. The van der Waals surface area contributed by atoms with Crippen LogP contribution >= 0.6 is 0 Å². The van der Waals surface area contributed by atoms with E-state index >= 15 is 0 Å². The van der Waals surface area contributed by atoms with Crippen molar-refractivity contribution in [3.63, 3.8) is 0 Å². The first-order chi connectivity index (χ1) is 8.76. The first-order valence-corrected chi connectivity index (χ1v) is 5.94. The molecule has 1 aromatic carbocycles. The molecular weight excluding hydrogens is 228 g/mol. The predicted molar refractivity (Wildman–Crippen MR) is 69.1 cm³/mol. The number of aromatic amines is 1. The Labute approximate surface area is 106 Å². The van der Waals surface area contributed by atoms with Crippen molar-refractivity contribution in [2.75, 3.05) is 7.11 Å². The molecule has 1 N–H and O–H groups in total. The summed E-state index contributed by atoms with van der Waals surface area (Å²) in [4.78, 5) is 19.1. The largest absolute Gasteiger partial charge is 0.468 e. The maximum atomic E-state index is 11.6. The number of nitrogens with zero attached hydrogens (tertiary/aromatic N) is 1. The SMILES string of the molecule is CCC(C(=O)OC)c1ncc(-c2ccccc2)[nH]1. The van der Waals surface area contributed by atoms with Crippen molar-refractivity contribution in [1.29, 1.82) is 0 Å². The van der Waals surface area contributed by atoms with Crippen LogP contribution in [0.5, 0.6) is 0 Å². The topological polar surface area (TPSA) is 55.0 Å². The van der Waals surface area contributed by atoms with E-state index in [0.29, 0.717) is 12.2 Å². The number of H-pyrrole nitrogens is 1. The molecule has 0 fully saturated rings. The van der Waals surface area contributed by atoms with Crippen molar-refractivity contribution in [3.8, 4) is 11.3 Å². The molecule has 1 atom stereocenters. The fourth-order valence-corrected chi connectivity index (χ4v) is 1.89. The van der Waals surface area contributed by atoms with Crippen LogP contribution in [0.25, 0.3) is 11.3 Å². The van der Waals surface area contributed by atoms with Crippen LogP contribution in [-0.4, -0.2) is 23.0 Å². The van der Waals surface area contributed by atoms with Crippen molar-refractivity contribution >= 4 is 5.97 Å². The summed E-state index contributed by atoms with van der Waals surface area (Å²) in [6, 6.07) is 9.89. The van der Waals surface area contributed by atoms with Crippen LogP contribution in [0.15, 0.2) is 36.5 Å². The average Bonchev–Trinajstić information content (AvgIpc) is 2.90. The molecule has 94 valence electrons. The molecule has 0 aliphatic heterocycles. The molecule has 1 heterocycles. The molecule has 1 aromatic heterocycles. The van der Waals surface area contributed by atoms with Gasteiger partial charge in [-0.2, -0.15) is 0 Å². The number of hydrogen-bond donors (Lipinski definition) is 1. The van der Waals surface area contributed by atoms with Gasteiger partial charge >= 0.3 is 5.97 Å². The molecule has 0 amide bonds. The highest BCUT2D eigenvalue weighted by atomic mass is 16.5. The van der Waals surface area contributed by atoms with Gasteiger partial charge in [-0.1, -0.05) is 37.3 Å². The molecule has 1 unspecified atom stereocenters. The van der Waals surface area contributed by atoms with Gasteiger partial charge < -0.3 is 9.72 Å². The zero-order chi connectivity index (χ0) is 13.0. The molecule has 18 heavy (non-hydrogen) atoms. The van der Waals surface area contributed by atoms with E-state index in [4.69, 9.17) is 4.74 Å². The number of esters is 1. The Hall–Kier alpha value is -2.10. The molecule has 0 aliphatic carbocycles. The molecule has 0 spiro atoms. The molecule has 0 aliphatic rings.